The van der Waals surface area contributed by atoms with Gasteiger partial charge in [-0.2, -0.15) is 0 Å². The van der Waals surface area contributed by atoms with E-state index in [9.17, 15) is 13.6 Å². The van der Waals surface area contributed by atoms with Crippen molar-refractivity contribution in [1.82, 2.24) is 15.5 Å². The Morgan fingerprint density at radius 1 is 1.27 bits per heavy atom. The quantitative estimate of drug-likeness (QED) is 0.622. The fraction of sp³-hybridized carbons (Fsp3) is 0.579. The molecule has 1 fully saturated rings. The van der Waals surface area contributed by atoms with Crippen LogP contribution in [-0.4, -0.2) is 43.4 Å². The minimum Gasteiger partial charge on any atom is -0.353 e. The van der Waals surface area contributed by atoms with Gasteiger partial charge in [0.2, 0.25) is 5.91 Å². The molecule has 1 aliphatic carbocycles. The third kappa shape index (κ3) is 5.97. The van der Waals surface area contributed by atoms with E-state index >= 15 is 0 Å². The van der Waals surface area contributed by atoms with Crippen LogP contribution in [0.15, 0.2) is 23.2 Å². The van der Waals surface area contributed by atoms with Gasteiger partial charge in [0, 0.05) is 25.7 Å². The standard InChI is InChI=1S/C19H28F2N4O/c1-13-6-4-5-7-17(13)24-19(23-12-18(26)25(2)3)22-11-14-10-15(20)8-9-16(14)21/h8-10,13,17H,4-7,11-12H2,1-3H3,(H2,22,23,24). The summed E-state index contributed by atoms with van der Waals surface area (Å²) in [6.45, 7) is 2.27. The lowest BCUT2D eigenvalue weighted by Gasteiger charge is -2.31. The minimum absolute atomic E-state index is 0.00379. The Morgan fingerprint density at radius 3 is 2.69 bits per heavy atom. The van der Waals surface area contributed by atoms with Crippen LogP contribution in [0, 0.1) is 17.6 Å². The normalized spacial score (nSPS) is 20.6. The zero-order valence-electron chi connectivity index (χ0n) is 15.7. The van der Waals surface area contributed by atoms with Gasteiger partial charge in [-0.15, -0.1) is 0 Å². The summed E-state index contributed by atoms with van der Waals surface area (Å²) >= 11 is 0. The highest BCUT2D eigenvalue weighted by Crippen LogP contribution is 2.23. The summed E-state index contributed by atoms with van der Waals surface area (Å²) in [6.07, 6.45) is 4.52. The number of hydrogen-bond acceptors (Lipinski definition) is 2. The largest absolute Gasteiger partial charge is 0.353 e. The van der Waals surface area contributed by atoms with Gasteiger partial charge in [0.15, 0.2) is 5.96 Å². The van der Waals surface area contributed by atoms with Crippen LogP contribution in [0.4, 0.5) is 8.78 Å². The maximum Gasteiger partial charge on any atom is 0.241 e. The minimum atomic E-state index is -0.497. The molecule has 2 atom stereocenters. The number of benzene rings is 1. The number of halogens is 2. The molecule has 0 spiro atoms. The molecule has 0 aromatic heterocycles. The van der Waals surface area contributed by atoms with Crippen molar-refractivity contribution in [3.05, 3.63) is 35.4 Å². The van der Waals surface area contributed by atoms with Crippen LogP contribution in [-0.2, 0) is 11.3 Å². The van der Waals surface area contributed by atoms with Crippen LogP contribution in [0.1, 0.15) is 38.2 Å². The Bertz CT molecular complexity index is 648. The Labute approximate surface area is 153 Å². The molecule has 0 heterocycles. The topological polar surface area (TPSA) is 56.7 Å². The van der Waals surface area contributed by atoms with E-state index < -0.39 is 11.6 Å². The summed E-state index contributed by atoms with van der Waals surface area (Å²) in [7, 11) is 3.36. The molecule has 0 aliphatic heterocycles. The van der Waals surface area contributed by atoms with Crippen LogP contribution in [0.25, 0.3) is 0 Å². The molecule has 1 aromatic carbocycles. The summed E-state index contributed by atoms with van der Waals surface area (Å²) in [5.74, 6) is -0.144. The van der Waals surface area contributed by atoms with Gasteiger partial charge in [0.25, 0.3) is 0 Å². The number of carbonyl (C=O) groups excluding carboxylic acids is 1. The van der Waals surface area contributed by atoms with Crippen LogP contribution < -0.4 is 10.6 Å². The predicted octanol–water partition coefficient (Wildman–Crippen LogP) is 2.67. The summed E-state index contributed by atoms with van der Waals surface area (Å²) in [5.41, 5.74) is 0.182. The van der Waals surface area contributed by atoms with Crippen molar-refractivity contribution in [2.24, 2.45) is 10.9 Å². The number of carbonyl (C=O) groups is 1. The molecular weight excluding hydrogens is 338 g/mol. The second kappa shape index (κ2) is 9.50. The van der Waals surface area contributed by atoms with E-state index in [-0.39, 0.29) is 30.6 Å². The SMILES string of the molecule is CC1CCCCC1NC(=NCc1cc(F)ccc1F)NCC(=O)N(C)C. The van der Waals surface area contributed by atoms with E-state index in [0.717, 1.165) is 37.5 Å². The lowest BCUT2D eigenvalue weighted by molar-refractivity contribution is -0.127. The molecule has 2 rings (SSSR count). The average Bonchev–Trinajstić information content (AvgIpc) is 2.61. The molecule has 144 valence electrons. The average molecular weight is 366 g/mol. The number of rotatable bonds is 5. The molecule has 1 saturated carbocycles. The van der Waals surface area contributed by atoms with Gasteiger partial charge < -0.3 is 15.5 Å². The zero-order chi connectivity index (χ0) is 19.1. The van der Waals surface area contributed by atoms with Crippen LogP contribution in [0.5, 0.6) is 0 Å². The van der Waals surface area contributed by atoms with Gasteiger partial charge in [-0.3, -0.25) is 4.79 Å². The lowest BCUT2D eigenvalue weighted by atomic mass is 9.86. The second-order valence-corrected chi connectivity index (χ2v) is 7.05. The lowest BCUT2D eigenvalue weighted by Crippen LogP contribution is -2.49. The third-order valence-corrected chi connectivity index (χ3v) is 4.75. The molecule has 5 nitrogen and oxygen atoms in total. The Morgan fingerprint density at radius 2 is 2.00 bits per heavy atom. The molecule has 1 aliphatic rings. The number of hydrogen-bond donors (Lipinski definition) is 2. The molecule has 26 heavy (non-hydrogen) atoms. The Balaban J connectivity index is 2.09. The summed E-state index contributed by atoms with van der Waals surface area (Å²) in [5, 5.41) is 6.36. The van der Waals surface area contributed by atoms with E-state index in [1.807, 2.05) is 0 Å². The first-order chi connectivity index (χ1) is 12.4. The molecule has 7 heteroatoms. The van der Waals surface area contributed by atoms with Crippen molar-refractivity contribution in [3.8, 4) is 0 Å². The van der Waals surface area contributed by atoms with Crippen LogP contribution in [0.2, 0.25) is 0 Å². The van der Waals surface area contributed by atoms with E-state index in [1.165, 1.54) is 11.3 Å². The number of amides is 1. The number of guanidine groups is 1. The molecule has 2 unspecified atom stereocenters. The molecular formula is C19H28F2N4O. The van der Waals surface area contributed by atoms with Gasteiger partial charge in [-0.1, -0.05) is 19.8 Å². The van der Waals surface area contributed by atoms with Gasteiger partial charge in [0.1, 0.15) is 11.6 Å². The van der Waals surface area contributed by atoms with E-state index in [1.54, 1.807) is 14.1 Å². The third-order valence-electron chi connectivity index (χ3n) is 4.75. The molecule has 1 amide bonds. The summed E-state index contributed by atoms with van der Waals surface area (Å²) in [4.78, 5) is 17.7. The Kier molecular flexibility index (Phi) is 7.36. The number of likely N-dealkylation sites (N-methyl/N-ethyl adjacent to an activating group) is 1. The number of nitrogens with one attached hydrogen (secondary N) is 2. The summed E-state index contributed by atoms with van der Waals surface area (Å²) < 4.78 is 27.2. The smallest absolute Gasteiger partial charge is 0.241 e. The van der Waals surface area contributed by atoms with Crippen molar-refractivity contribution in [2.45, 2.75) is 45.2 Å². The molecule has 0 saturated heterocycles. The van der Waals surface area contributed by atoms with Crippen molar-refractivity contribution in [3.63, 3.8) is 0 Å². The molecule has 0 bridgehead atoms. The van der Waals surface area contributed by atoms with Crippen molar-refractivity contribution in [1.29, 1.82) is 0 Å². The van der Waals surface area contributed by atoms with Gasteiger partial charge in [-0.05, 0) is 37.0 Å². The zero-order valence-corrected chi connectivity index (χ0v) is 15.7. The number of nitrogens with zero attached hydrogens (tertiary/aromatic N) is 2. The van der Waals surface area contributed by atoms with E-state index in [2.05, 4.69) is 22.5 Å². The Hall–Kier alpha value is -2.18. The first-order valence-electron chi connectivity index (χ1n) is 9.05. The van der Waals surface area contributed by atoms with Gasteiger partial charge in [0.05, 0.1) is 13.1 Å². The molecule has 0 radical (unpaired) electrons. The van der Waals surface area contributed by atoms with Crippen molar-refractivity contribution in [2.75, 3.05) is 20.6 Å². The fourth-order valence-electron chi connectivity index (χ4n) is 3.01. The van der Waals surface area contributed by atoms with Crippen molar-refractivity contribution >= 4 is 11.9 Å². The summed E-state index contributed by atoms with van der Waals surface area (Å²) in [6, 6.07) is 3.57. The highest BCUT2D eigenvalue weighted by molar-refractivity contribution is 5.86. The highest BCUT2D eigenvalue weighted by Gasteiger charge is 2.22. The first kappa shape index (κ1) is 20.1. The highest BCUT2D eigenvalue weighted by atomic mass is 19.1. The maximum absolute atomic E-state index is 13.8. The first-order valence-corrected chi connectivity index (χ1v) is 9.05. The predicted molar refractivity (Wildman–Crippen MR) is 98.7 cm³/mol. The van der Waals surface area contributed by atoms with E-state index in [0.29, 0.717) is 11.9 Å². The monoisotopic (exact) mass is 366 g/mol. The molecule has 1 aromatic rings. The van der Waals surface area contributed by atoms with E-state index in [4.69, 9.17) is 0 Å². The van der Waals surface area contributed by atoms with Gasteiger partial charge >= 0.3 is 0 Å². The fourth-order valence-corrected chi connectivity index (χ4v) is 3.01. The van der Waals surface area contributed by atoms with Gasteiger partial charge in [-0.25, -0.2) is 13.8 Å². The second-order valence-electron chi connectivity index (χ2n) is 7.05. The number of aliphatic imine (C=N–C) groups is 1. The maximum atomic E-state index is 13.8. The van der Waals surface area contributed by atoms with Crippen LogP contribution in [0.3, 0.4) is 0 Å². The van der Waals surface area contributed by atoms with Crippen molar-refractivity contribution < 1.29 is 13.6 Å². The van der Waals surface area contributed by atoms with Crippen LogP contribution >= 0.6 is 0 Å². The molecule has 2 N–H and O–H groups in total.